The van der Waals surface area contributed by atoms with E-state index >= 15 is 0 Å². The molecule has 10 heteroatoms. The first-order chi connectivity index (χ1) is 14.0. The van der Waals surface area contributed by atoms with E-state index in [1.54, 1.807) is 0 Å². The molecule has 0 aromatic heterocycles. The first kappa shape index (κ1) is 21.8. The van der Waals surface area contributed by atoms with Crippen LogP contribution >= 0.6 is 11.6 Å². The zero-order valence-corrected chi connectivity index (χ0v) is 16.5. The Balaban J connectivity index is 2.07. The van der Waals surface area contributed by atoms with Gasteiger partial charge in [-0.15, -0.1) is 0 Å². The third-order valence-corrected chi connectivity index (χ3v) is 5.22. The van der Waals surface area contributed by atoms with Crippen molar-refractivity contribution in [3.8, 4) is 0 Å². The number of halogens is 5. The zero-order valence-electron chi connectivity index (χ0n) is 15.7. The van der Waals surface area contributed by atoms with E-state index in [-0.39, 0.29) is 30.3 Å². The SMILES string of the molecule is CC(=N)N1CCN(C(=O)c2cccc(C(F)(F)F)c2Cl)C(c2ccc(F)cc2)C1=N. The highest BCUT2D eigenvalue weighted by molar-refractivity contribution is 6.34. The van der Waals surface area contributed by atoms with Gasteiger partial charge in [0.25, 0.3) is 5.91 Å². The average molecular weight is 441 g/mol. The molecule has 0 radical (unpaired) electrons. The molecule has 1 heterocycles. The molecule has 2 N–H and O–H groups in total. The molecular weight excluding hydrogens is 424 g/mol. The fourth-order valence-corrected chi connectivity index (χ4v) is 3.69. The van der Waals surface area contributed by atoms with Crippen LogP contribution in [0.1, 0.15) is 34.5 Å². The van der Waals surface area contributed by atoms with Crippen LogP contribution in [0, 0.1) is 16.6 Å². The number of amides is 1. The van der Waals surface area contributed by atoms with Gasteiger partial charge in [-0.3, -0.25) is 15.6 Å². The molecular formula is C20H17ClF4N4O. The van der Waals surface area contributed by atoms with Gasteiger partial charge >= 0.3 is 6.18 Å². The summed E-state index contributed by atoms with van der Waals surface area (Å²) in [6.07, 6.45) is -4.73. The number of amidine groups is 2. The molecule has 1 amide bonds. The predicted molar refractivity (Wildman–Crippen MR) is 104 cm³/mol. The second-order valence-corrected chi connectivity index (χ2v) is 7.12. The molecule has 158 valence electrons. The monoisotopic (exact) mass is 440 g/mol. The van der Waals surface area contributed by atoms with Gasteiger partial charge in [-0.1, -0.05) is 29.8 Å². The minimum absolute atomic E-state index is 0.0338. The number of nitrogens with zero attached hydrogens (tertiary/aromatic N) is 2. The Morgan fingerprint density at radius 3 is 2.33 bits per heavy atom. The number of nitrogens with one attached hydrogen (secondary N) is 2. The van der Waals surface area contributed by atoms with Gasteiger partial charge in [-0.2, -0.15) is 13.2 Å². The molecule has 0 spiro atoms. The number of alkyl halides is 3. The molecule has 3 rings (SSSR count). The normalized spacial score (nSPS) is 17.3. The molecule has 0 saturated carbocycles. The highest BCUT2D eigenvalue weighted by Gasteiger charge is 2.39. The summed E-state index contributed by atoms with van der Waals surface area (Å²) in [6.45, 7) is 1.64. The van der Waals surface area contributed by atoms with Crippen molar-refractivity contribution in [2.45, 2.75) is 19.1 Å². The molecule has 2 aromatic carbocycles. The van der Waals surface area contributed by atoms with Gasteiger partial charge in [0.05, 0.1) is 22.0 Å². The molecule has 1 aliphatic heterocycles. The molecule has 5 nitrogen and oxygen atoms in total. The molecule has 1 atom stereocenters. The van der Waals surface area contributed by atoms with E-state index in [0.29, 0.717) is 5.56 Å². The van der Waals surface area contributed by atoms with Crippen molar-refractivity contribution in [3.63, 3.8) is 0 Å². The van der Waals surface area contributed by atoms with Crippen LogP contribution in [0.25, 0.3) is 0 Å². The highest BCUT2D eigenvalue weighted by atomic mass is 35.5. The molecule has 1 aliphatic rings. The second kappa shape index (κ2) is 8.06. The maximum Gasteiger partial charge on any atom is 0.417 e. The standard InChI is InChI=1S/C20H17ClF4N4O/c1-11(26)28-9-10-29(17(18(28)27)12-5-7-13(22)8-6-12)19(30)14-3-2-4-15(16(14)21)20(23,24)25/h2-8,17,26-27H,9-10H2,1H3. The van der Waals surface area contributed by atoms with Crippen LogP contribution in [0.3, 0.4) is 0 Å². The van der Waals surface area contributed by atoms with Gasteiger partial charge in [0, 0.05) is 13.1 Å². The minimum atomic E-state index is -4.73. The lowest BCUT2D eigenvalue weighted by Crippen LogP contribution is -2.55. The van der Waals surface area contributed by atoms with Crippen LogP contribution in [0.15, 0.2) is 42.5 Å². The van der Waals surface area contributed by atoms with E-state index in [1.807, 2.05) is 0 Å². The molecule has 0 bridgehead atoms. The fraction of sp³-hybridized carbons (Fsp3) is 0.250. The summed E-state index contributed by atoms with van der Waals surface area (Å²) in [7, 11) is 0. The Morgan fingerprint density at radius 1 is 1.13 bits per heavy atom. The predicted octanol–water partition coefficient (Wildman–Crippen LogP) is 4.97. The number of piperazine rings is 1. The Kier molecular flexibility index (Phi) is 5.85. The van der Waals surface area contributed by atoms with Crippen molar-refractivity contribution >= 4 is 29.2 Å². The van der Waals surface area contributed by atoms with Crippen molar-refractivity contribution in [3.05, 3.63) is 70.0 Å². The number of rotatable bonds is 2. The van der Waals surface area contributed by atoms with E-state index in [9.17, 15) is 22.4 Å². The quantitative estimate of drug-likeness (QED) is 0.393. The van der Waals surface area contributed by atoms with Crippen LogP contribution in [-0.2, 0) is 6.18 Å². The van der Waals surface area contributed by atoms with Gasteiger partial charge in [0.1, 0.15) is 17.7 Å². The Hall–Kier alpha value is -2.94. The number of carbonyl (C=O) groups excluding carboxylic acids is 1. The van der Waals surface area contributed by atoms with Gasteiger partial charge < -0.3 is 9.80 Å². The summed E-state index contributed by atoms with van der Waals surface area (Å²) in [4.78, 5) is 15.8. The third kappa shape index (κ3) is 4.02. The van der Waals surface area contributed by atoms with E-state index in [4.69, 9.17) is 22.4 Å². The summed E-state index contributed by atoms with van der Waals surface area (Å²) in [5.41, 5.74) is -1.08. The van der Waals surface area contributed by atoms with Crippen molar-refractivity contribution in [2.75, 3.05) is 13.1 Å². The van der Waals surface area contributed by atoms with Crippen molar-refractivity contribution in [1.82, 2.24) is 9.80 Å². The van der Waals surface area contributed by atoms with Crippen LogP contribution in [0.2, 0.25) is 5.02 Å². The molecule has 0 aliphatic carbocycles. The molecule has 1 unspecified atom stereocenters. The number of benzene rings is 2. The fourth-order valence-electron chi connectivity index (χ4n) is 3.37. The topological polar surface area (TPSA) is 71.2 Å². The first-order valence-electron chi connectivity index (χ1n) is 8.85. The van der Waals surface area contributed by atoms with Gasteiger partial charge in [-0.05, 0) is 36.8 Å². The average Bonchev–Trinajstić information content (AvgIpc) is 2.67. The van der Waals surface area contributed by atoms with Gasteiger partial charge in [0.2, 0.25) is 0 Å². The van der Waals surface area contributed by atoms with E-state index in [1.165, 1.54) is 47.1 Å². The summed E-state index contributed by atoms with van der Waals surface area (Å²) < 4.78 is 53.0. The van der Waals surface area contributed by atoms with Crippen molar-refractivity contribution < 1.29 is 22.4 Å². The maximum absolute atomic E-state index is 13.4. The smallest absolute Gasteiger partial charge is 0.323 e. The number of hydrogen-bond acceptors (Lipinski definition) is 3. The van der Waals surface area contributed by atoms with Crippen LogP contribution in [0.5, 0.6) is 0 Å². The largest absolute Gasteiger partial charge is 0.417 e. The summed E-state index contributed by atoms with van der Waals surface area (Å²) in [6, 6.07) is 7.18. The lowest BCUT2D eigenvalue weighted by molar-refractivity contribution is -0.137. The summed E-state index contributed by atoms with van der Waals surface area (Å²) in [5.74, 6) is -1.33. The Bertz CT molecular complexity index is 1010. The molecule has 30 heavy (non-hydrogen) atoms. The minimum Gasteiger partial charge on any atom is -0.323 e. The van der Waals surface area contributed by atoms with Crippen molar-refractivity contribution in [1.29, 1.82) is 10.8 Å². The number of carbonyl (C=O) groups is 1. The second-order valence-electron chi connectivity index (χ2n) is 6.74. The highest BCUT2D eigenvalue weighted by Crippen LogP contribution is 2.38. The Labute approximate surface area is 174 Å². The summed E-state index contributed by atoms with van der Waals surface area (Å²) in [5, 5.41) is 15.6. The Morgan fingerprint density at radius 2 is 1.77 bits per heavy atom. The van der Waals surface area contributed by atoms with Crippen LogP contribution in [0.4, 0.5) is 17.6 Å². The van der Waals surface area contributed by atoms with Gasteiger partial charge in [0.15, 0.2) is 0 Å². The molecule has 1 fully saturated rings. The lowest BCUT2D eigenvalue weighted by Gasteiger charge is -2.42. The number of hydrogen-bond donors (Lipinski definition) is 2. The molecule has 2 aromatic rings. The van der Waals surface area contributed by atoms with Crippen molar-refractivity contribution in [2.24, 2.45) is 0 Å². The third-order valence-electron chi connectivity index (χ3n) is 4.81. The first-order valence-corrected chi connectivity index (χ1v) is 9.23. The summed E-state index contributed by atoms with van der Waals surface area (Å²) >= 11 is 5.92. The van der Waals surface area contributed by atoms with Gasteiger partial charge in [-0.25, -0.2) is 4.39 Å². The van der Waals surface area contributed by atoms with Crippen LogP contribution < -0.4 is 0 Å². The van der Waals surface area contributed by atoms with E-state index in [0.717, 1.165) is 12.1 Å². The van der Waals surface area contributed by atoms with E-state index in [2.05, 4.69) is 0 Å². The molecule has 1 saturated heterocycles. The zero-order chi connectivity index (χ0) is 22.2. The lowest BCUT2D eigenvalue weighted by atomic mass is 9.99. The maximum atomic E-state index is 13.4. The van der Waals surface area contributed by atoms with E-state index < -0.39 is 34.5 Å². The van der Waals surface area contributed by atoms with Crippen LogP contribution in [-0.4, -0.2) is 40.5 Å².